The minimum atomic E-state index is -0.555. The number of nitrogens with one attached hydrogen (secondary N) is 1. The van der Waals surface area contributed by atoms with E-state index in [1.54, 1.807) is 31.2 Å². The zero-order valence-corrected chi connectivity index (χ0v) is 20.3. The van der Waals surface area contributed by atoms with Gasteiger partial charge < -0.3 is 14.8 Å². The average molecular weight is 487 g/mol. The number of nitriles is 1. The van der Waals surface area contributed by atoms with Gasteiger partial charge in [-0.1, -0.05) is 42.5 Å². The van der Waals surface area contributed by atoms with Crippen molar-refractivity contribution >= 4 is 34.3 Å². The number of thiophene rings is 1. The summed E-state index contributed by atoms with van der Waals surface area (Å²) in [5.41, 5.74) is 3.10. The fourth-order valence-corrected chi connectivity index (χ4v) is 5.23. The third-order valence-electron chi connectivity index (χ3n) is 5.68. The Labute approximate surface area is 208 Å². The van der Waals surface area contributed by atoms with E-state index < -0.39 is 11.9 Å². The molecule has 0 radical (unpaired) electrons. The van der Waals surface area contributed by atoms with Crippen molar-refractivity contribution < 1.29 is 19.1 Å². The van der Waals surface area contributed by atoms with Gasteiger partial charge in [0.2, 0.25) is 0 Å². The van der Waals surface area contributed by atoms with Crippen LogP contribution in [-0.2, 0) is 29.0 Å². The smallest absolute Gasteiger partial charge is 0.341 e. The van der Waals surface area contributed by atoms with Crippen molar-refractivity contribution in [1.29, 1.82) is 5.26 Å². The third kappa shape index (κ3) is 5.97. The molecule has 7 heteroatoms. The van der Waals surface area contributed by atoms with Crippen LogP contribution in [-0.4, -0.2) is 18.5 Å². The average Bonchev–Trinajstić information content (AvgIpc) is 3.25. The lowest BCUT2D eigenvalue weighted by molar-refractivity contribution is -0.112. The summed E-state index contributed by atoms with van der Waals surface area (Å²) < 4.78 is 11.0. The molecule has 0 fully saturated rings. The first-order valence-corrected chi connectivity index (χ1v) is 12.4. The second kappa shape index (κ2) is 11.5. The molecule has 0 saturated heterocycles. The fraction of sp³-hybridized carbons (Fsp3) is 0.250. The van der Waals surface area contributed by atoms with Crippen LogP contribution in [0.5, 0.6) is 5.75 Å². The lowest BCUT2D eigenvalue weighted by Gasteiger charge is -2.12. The number of amides is 1. The Hall–Kier alpha value is -3.89. The van der Waals surface area contributed by atoms with Crippen LogP contribution in [0.3, 0.4) is 0 Å². The second-order valence-corrected chi connectivity index (χ2v) is 9.21. The Morgan fingerprint density at radius 1 is 1.09 bits per heavy atom. The Kier molecular flexibility index (Phi) is 7.96. The molecule has 0 aliphatic heterocycles. The van der Waals surface area contributed by atoms with E-state index >= 15 is 0 Å². The fourth-order valence-electron chi connectivity index (χ4n) is 3.96. The highest BCUT2D eigenvalue weighted by molar-refractivity contribution is 7.17. The summed E-state index contributed by atoms with van der Waals surface area (Å²) in [4.78, 5) is 26.7. The van der Waals surface area contributed by atoms with Crippen molar-refractivity contribution in [2.75, 3.05) is 11.9 Å². The molecule has 1 amide bonds. The van der Waals surface area contributed by atoms with Crippen LogP contribution in [0, 0.1) is 11.3 Å². The molecule has 1 aromatic heterocycles. The molecule has 0 saturated carbocycles. The highest BCUT2D eigenvalue weighted by Crippen LogP contribution is 2.38. The Balaban J connectivity index is 1.48. The van der Waals surface area contributed by atoms with Gasteiger partial charge in [0.15, 0.2) is 0 Å². The Bertz CT molecular complexity index is 1270. The summed E-state index contributed by atoms with van der Waals surface area (Å²) in [6.07, 6.45) is 5.24. The van der Waals surface area contributed by atoms with E-state index in [9.17, 15) is 14.9 Å². The normalized spacial score (nSPS) is 12.9. The highest BCUT2D eigenvalue weighted by Gasteiger charge is 2.27. The maximum atomic E-state index is 12.9. The van der Waals surface area contributed by atoms with E-state index in [2.05, 4.69) is 5.32 Å². The molecule has 1 N–H and O–H groups in total. The summed E-state index contributed by atoms with van der Waals surface area (Å²) in [7, 11) is 0. The topological polar surface area (TPSA) is 88.4 Å². The second-order valence-electron chi connectivity index (χ2n) is 8.10. The minimum Gasteiger partial charge on any atom is -0.489 e. The number of ether oxygens (including phenoxy) is 2. The van der Waals surface area contributed by atoms with E-state index in [0.717, 1.165) is 41.7 Å². The summed E-state index contributed by atoms with van der Waals surface area (Å²) in [6.45, 7) is 2.46. The number of fused-ring (bicyclic) bond motifs is 1. The van der Waals surface area contributed by atoms with Crippen LogP contribution in [0.1, 0.15) is 51.7 Å². The van der Waals surface area contributed by atoms with Gasteiger partial charge in [-0.05, 0) is 67.5 Å². The number of aryl methyl sites for hydroxylation is 1. The number of hydrogen-bond acceptors (Lipinski definition) is 6. The number of hydrogen-bond donors (Lipinski definition) is 1. The van der Waals surface area contributed by atoms with Crippen molar-refractivity contribution in [2.45, 2.75) is 39.2 Å². The zero-order chi connectivity index (χ0) is 24.6. The van der Waals surface area contributed by atoms with Gasteiger partial charge in [-0.2, -0.15) is 5.26 Å². The quantitative estimate of drug-likeness (QED) is 0.242. The van der Waals surface area contributed by atoms with E-state index in [-0.39, 0.29) is 12.2 Å². The van der Waals surface area contributed by atoms with E-state index in [0.29, 0.717) is 28.5 Å². The lowest BCUT2D eigenvalue weighted by Crippen LogP contribution is -2.16. The summed E-state index contributed by atoms with van der Waals surface area (Å²) in [6, 6.07) is 19.0. The zero-order valence-electron chi connectivity index (χ0n) is 19.5. The highest BCUT2D eigenvalue weighted by atomic mass is 32.1. The number of anilines is 1. The number of rotatable bonds is 8. The van der Waals surface area contributed by atoms with Gasteiger partial charge in [-0.25, -0.2) is 4.79 Å². The molecular formula is C28H26N2O4S. The molecule has 0 atom stereocenters. The van der Waals surface area contributed by atoms with Crippen molar-refractivity contribution in [2.24, 2.45) is 0 Å². The van der Waals surface area contributed by atoms with E-state index in [4.69, 9.17) is 9.47 Å². The van der Waals surface area contributed by atoms with Gasteiger partial charge in [0.05, 0.1) is 12.2 Å². The predicted octanol–water partition coefficient (Wildman–Crippen LogP) is 5.93. The molecule has 3 aromatic rings. The van der Waals surface area contributed by atoms with Crippen LogP contribution >= 0.6 is 11.3 Å². The molecule has 0 unspecified atom stereocenters. The summed E-state index contributed by atoms with van der Waals surface area (Å²) in [5, 5.41) is 12.9. The Morgan fingerprint density at radius 2 is 1.83 bits per heavy atom. The third-order valence-corrected chi connectivity index (χ3v) is 6.89. The minimum absolute atomic E-state index is 0.0517. The number of carbonyl (C=O) groups is 2. The van der Waals surface area contributed by atoms with E-state index in [1.165, 1.54) is 17.4 Å². The van der Waals surface area contributed by atoms with Crippen molar-refractivity contribution in [3.05, 3.63) is 87.3 Å². The molecule has 1 heterocycles. The van der Waals surface area contributed by atoms with Gasteiger partial charge >= 0.3 is 5.97 Å². The number of carbonyl (C=O) groups excluding carboxylic acids is 2. The van der Waals surface area contributed by atoms with Crippen molar-refractivity contribution in [3.63, 3.8) is 0 Å². The first kappa shape index (κ1) is 24.2. The predicted molar refractivity (Wildman–Crippen MR) is 136 cm³/mol. The number of benzene rings is 2. The molecule has 1 aliphatic carbocycles. The molecule has 4 rings (SSSR count). The van der Waals surface area contributed by atoms with Crippen LogP contribution in [0.4, 0.5) is 5.00 Å². The van der Waals surface area contributed by atoms with Crippen LogP contribution < -0.4 is 10.1 Å². The van der Waals surface area contributed by atoms with Crippen LogP contribution in [0.25, 0.3) is 6.08 Å². The van der Waals surface area contributed by atoms with Gasteiger partial charge in [0, 0.05) is 4.88 Å². The molecule has 0 bridgehead atoms. The number of esters is 1. The molecular weight excluding hydrogens is 460 g/mol. The van der Waals surface area contributed by atoms with Crippen LogP contribution in [0.15, 0.2) is 60.2 Å². The van der Waals surface area contributed by atoms with Gasteiger partial charge in [0.25, 0.3) is 5.91 Å². The van der Waals surface area contributed by atoms with Crippen molar-refractivity contribution in [3.8, 4) is 11.8 Å². The molecule has 35 heavy (non-hydrogen) atoms. The standard InChI is InChI=1S/C28H26N2O4S/c1-2-33-28(32)25-23-10-6-7-11-24(23)35-27(25)30-26(31)21(17-29)16-19-12-14-22(15-13-19)34-18-20-8-4-3-5-9-20/h3-5,8-9,12-16H,2,6-7,10-11,18H2,1H3,(H,30,31)/b21-16-. The molecule has 178 valence electrons. The first-order valence-electron chi connectivity index (χ1n) is 11.6. The number of nitrogens with zero attached hydrogens (tertiary/aromatic N) is 1. The van der Waals surface area contributed by atoms with Crippen LogP contribution in [0.2, 0.25) is 0 Å². The maximum absolute atomic E-state index is 12.9. The maximum Gasteiger partial charge on any atom is 0.341 e. The largest absolute Gasteiger partial charge is 0.489 e. The van der Waals surface area contributed by atoms with E-state index in [1.807, 2.05) is 36.4 Å². The molecule has 6 nitrogen and oxygen atoms in total. The SMILES string of the molecule is CCOC(=O)c1c(NC(=O)/C(C#N)=C\c2ccc(OCc3ccccc3)cc2)sc2c1CCCC2. The molecule has 2 aromatic carbocycles. The van der Waals surface area contributed by atoms with Gasteiger partial charge in [0.1, 0.15) is 29.0 Å². The first-order chi connectivity index (χ1) is 17.1. The van der Waals surface area contributed by atoms with Crippen molar-refractivity contribution in [1.82, 2.24) is 0 Å². The summed E-state index contributed by atoms with van der Waals surface area (Å²) in [5.74, 6) is -0.297. The lowest BCUT2D eigenvalue weighted by atomic mass is 9.95. The van der Waals surface area contributed by atoms with Gasteiger partial charge in [-0.3, -0.25) is 4.79 Å². The monoisotopic (exact) mass is 486 g/mol. The Morgan fingerprint density at radius 3 is 2.54 bits per heavy atom. The molecule has 0 spiro atoms. The van der Waals surface area contributed by atoms with Gasteiger partial charge in [-0.15, -0.1) is 11.3 Å². The summed E-state index contributed by atoms with van der Waals surface area (Å²) >= 11 is 1.40. The molecule has 1 aliphatic rings.